The van der Waals surface area contributed by atoms with Gasteiger partial charge in [0.2, 0.25) is 5.91 Å². The fraction of sp³-hybridized carbons (Fsp3) is 0.222. The quantitative estimate of drug-likeness (QED) is 0.729. The van der Waals surface area contributed by atoms with Gasteiger partial charge in [-0.1, -0.05) is 18.2 Å². The van der Waals surface area contributed by atoms with Crippen LogP contribution >= 0.6 is 11.8 Å². The van der Waals surface area contributed by atoms with E-state index in [0.29, 0.717) is 10.6 Å². The van der Waals surface area contributed by atoms with Crippen molar-refractivity contribution >= 4 is 23.4 Å². The predicted octanol–water partition coefficient (Wildman–Crippen LogP) is 4.39. The smallest absolute Gasteiger partial charge is 0.240 e. The van der Waals surface area contributed by atoms with Crippen molar-refractivity contribution in [2.45, 2.75) is 23.5 Å². The van der Waals surface area contributed by atoms with Gasteiger partial charge in [0.15, 0.2) is 11.6 Å². The standard InChI is InChI=1S/C18H16F2N2OS/c1-13(24-15-8-9-16(19)17(20)12-15)18(23)22(11-5-10-21)14-6-3-2-4-7-14/h2-4,6-9,12-13H,5,11H2,1H3. The molecule has 2 rings (SSSR count). The van der Waals surface area contributed by atoms with Crippen molar-refractivity contribution in [2.75, 3.05) is 11.4 Å². The molecule has 3 nitrogen and oxygen atoms in total. The molecule has 24 heavy (non-hydrogen) atoms. The average Bonchev–Trinajstić information content (AvgIpc) is 2.59. The second-order valence-corrected chi connectivity index (χ2v) is 6.48. The second kappa shape index (κ2) is 8.46. The van der Waals surface area contributed by atoms with Gasteiger partial charge >= 0.3 is 0 Å². The molecule has 0 heterocycles. The molecule has 0 N–H and O–H groups in total. The number of amides is 1. The number of carbonyl (C=O) groups excluding carboxylic acids is 1. The van der Waals surface area contributed by atoms with E-state index in [0.717, 1.165) is 23.9 Å². The van der Waals surface area contributed by atoms with Crippen LogP contribution in [-0.4, -0.2) is 17.7 Å². The van der Waals surface area contributed by atoms with Crippen LogP contribution in [0.1, 0.15) is 13.3 Å². The van der Waals surface area contributed by atoms with Gasteiger partial charge in [-0.05, 0) is 37.3 Å². The van der Waals surface area contributed by atoms with Crippen molar-refractivity contribution in [3.05, 3.63) is 60.2 Å². The summed E-state index contributed by atoms with van der Waals surface area (Å²) < 4.78 is 26.3. The summed E-state index contributed by atoms with van der Waals surface area (Å²) in [5.41, 5.74) is 0.704. The third-order valence-electron chi connectivity index (χ3n) is 3.33. The molecule has 2 aromatic carbocycles. The highest BCUT2D eigenvalue weighted by molar-refractivity contribution is 8.00. The Morgan fingerprint density at radius 3 is 2.54 bits per heavy atom. The first-order chi connectivity index (χ1) is 11.5. The van der Waals surface area contributed by atoms with E-state index in [1.54, 1.807) is 24.0 Å². The fourth-order valence-electron chi connectivity index (χ4n) is 2.16. The lowest BCUT2D eigenvalue weighted by Crippen LogP contribution is -2.37. The third kappa shape index (κ3) is 4.56. The molecule has 0 aliphatic heterocycles. The summed E-state index contributed by atoms with van der Waals surface area (Å²) in [5, 5.41) is 8.30. The van der Waals surface area contributed by atoms with Gasteiger partial charge < -0.3 is 4.90 Å². The number of anilines is 1. The largest absolute Gasteiger partial charge is 0.310 e. The van der Waals surface area contributed by atoms with E-state index in [1.807, 2.05) is 24.3 Å². The number of thioether (sulfide) groups is 1. The van der Waals surface area contributed by atoms with E-state index in [-0.39, 0.29) is 18.9 Å². The highest BCUT2D eigenvalue weighted by atomic mass is 32.2. The molecule has 0 radical (unpaired) electrons. The van der Waals surface area contributed by atoms with Crippen molar-refractivity contribution < 1.29 is 13.6 Å². The van der Waals surface area contributed by atoms with Crippen LogP contribution in [0.3, 0.4) is 0 Å². The summed E-state index contributed by atoms with van der Waals surface area (Å²) in [5.74, 6) is -2.05. The Balaban J connectivity index is 2.15. The van der Waals surface area contributed by atoms with Crippen molar-refractivity contribution in [3.8, 4) is 6.07 Å². The van der Waals surface area contributed by atoms with Crippen LogP contribution in [0.25, 0.3) is 0 Å². The van der Waals surface area contributed by atoms with Crippen LogP contribution in [0.15, 0.2) is 53.4 Å². The molecule has 2 aromatic rings. The number of hydrogen-bond donors (Lipinski definition) is 0. The SMILES string of the molecule is CC(Sc1ccc(F)c(F)c1)C(=O)N(CCC#N)c1ccccc1. The van der Waals surface area contributed by atoms with Crippen molar-refractivity contribution in [3.63, 3.8) is 0 Å². The molecule has 0 spiro atoms. The number of nitrogens with zero attached hydrogens (tertiary/aromatic N) is 2. The topological polar surface area (TPSA) is 44.1 Å². The van der Waals surface area contributed by atoms with E-state index in [4.69, 9.17) is 5.26 Å². The Morgan fingerprint density at radius 2 is 1.92 bits per heavy atom. The lowest BCUT2D eigenvalue weighted by Gasteiger charge is -2.25. The molecule has 0 aliphatic rings. The number of benzene rings is 2. The molecule has 6 heteroatoms. The van der Waals surface area contributed by atoms with E-state index in [1.165, 1.54) is 6.07 Å². The van der Waals surface area contributed by atoms with E-state index in [9.17, 15) is 13.6 Å². The Bertz CT molecular complexity index is 746. The van der Waals surface area contributed by atoms with Gasteiger partial charge in [-0.15, -0.1) is 11.8 Å². The van der Waals surface area contributed by atoms with Crippen molar-refractivity contribution in [1.82, 2.24) is 0 Å². The van der Waals surface area contributed by atoms with E-state index >= 15 is 0 Å². The minimum atomic E-state index is -0.941. The van der Waals surface area contributed by atoms with Crippen LogP contribution in [0.4, 0.5) is 14.5 Å². The molecule has 0 aliphatic carbocycles. The van der Waals surface area contributed by atoms with Crippen LogP contribution in [0.5, 0.6) is 0 Å². The van der Waals surface area contributed by atoms with Crippen LogP contribution < -0.4 is 4.90 Å². The summed E-state index contributed by atoms with van der Waals surface area (Å²) in [6.45, 7) is 1.98. The van der Waals surface area contributed by atoms with Gasteiger partial charge in [-0.3, -0.25) is 4.79 Å². The number of nitriles is 1. The van der Waals surface area contributed by atoms with Crippen LogP contribution in [0, 0.1) is 23.0 Å². The number of hydrogen-bond acceptors (Lipinski definition) is 3. The first-order valence-electron chi connectivity index (χ1n) is 7.38. The van der Waals surface area contributed by atoms with Gasteiger partial charge in [-0.25, -0.2) is 8.78 Å². The van der Waals surface area contributed by atoms with E-state index < -0.39 is 16.9 Å². The fourth-order valence-corrected chi connectivity index (χ4v) is 3.11. The summed E-state index contributed by atoms with van der Waals surface area (Å²) in [7, 11) is 0. The van der Waals surface area contributed by atoms with Crippen molar-refractivity contribution in [1.29, 1.82) is 5.26 Å². The van der Waals surface area contributed by atoms with E-state index in [2.05, 4.69) is 0 Å². The summed E-state index contributed by atoms with van der Waals surface area (Å²) in [6, 6.07) is 14.7. The predicted molar refractivity (Wildman–Crippen MR) is 90.7 cm³/mol. The maximum absolute atomic E-state index is 13.3. The third-order valence-corrected chi connectivity index (χ3v) is 4.41. The normalized spacial score (nSPS) is 11.6. The summed E-state index contributed by atoms with van der Waals surface area (Å²) >= 11 is 1.15. The molecule has 1 unspecified atom stereocenters. The lowest BCUT2D eigenvalue weighted by atomic mass is 10.2. The first kappa shape index (κ1) is 18.0. The maximum atomic E-state index is 13.3. The maximum Gasteiger partial charge on any atom is 0.240 e. The molecule has 0 fully saturated rings. The summed E-state index contributed by atoms with van der Waals surface area (Å²) in [4.78, 5) is 14.8. The minimum absolute atomic E-state index is 0.189. The number of carbonyl (C=O) groups is 1. The first-order valence-corrected chi connectivity index (χ1v) is 8.26. The Morgan fingerprint density at radius 1 is 1.21 bits per heavy atom. The molecule has 0 saturated heterocycles. The van der Waals surface area contributed by atoms with Gasteiger partial charge in [-0.2, -0.15) is 5.26 Å². The highest BCUT2D eigenvalue weighted by Crippen LogP contribution is 2.27. The molecular formula is C18H16F2N2OS. The van der Waals surface area contributed by atoms with Crippen LogP contribution in [0.2, 0.25) is 0 Å². The second-order valence-electron chi connectivity index (χ2n) is 5.07. The Hall–Kier alpha value is -2.39. The highest BCUT2D eigenvalue weighted by Gasteiger charge is 2.23. The number of para-hydroxylation sites is 1. The zero-order chi connectivity index (χ0) is 17.5. The number of halogens is 2. The summed E-state index contributed by atoms with van der Waals surface area (Å²) in [6.07, 6.45) is 0.212. The molecule has 0 aromatic heterocycles. The van der Waals surface area contributed by atoms with Crippen LogP contribution in [-0.2, 0) is 4.79 Å². The average molecular weight is 346 g/mol. The van der Waals surface area contributed by atoms with Gasteiger partial charge in [0.05, 0.1) is 17.7 Å². The molecule has 0 bridgehead atoms. The zero-order valence-corrected chi connectivity index (χ0v) is 13.9. The van der Waals surface area contributed by atoms with Gasteiger partial charge in [0.1, 0.15) is 0 Å². The zero-order valence-electron chi connectivity index (χ0n) is 13.1. The lowest BCUT2D eigenvalue weighted by molar-refractivity contribution is -0.117. The monoisotopic (exact) mass is 346 g/mol. The molecule has 1 atom stereocenters. The molecule has 124 valence electrons. The molecule has 1 amide bonds. The minimum Gasteiger partial charge on any atom is -0.310 e. The Kier molecular flexibility index (Phi) is 6.33. The van der Waals surface area contributed by atoms with Gasteiger partial charge in [0.25, 0.3) is 0 Å². The molecule has 0 saturated carbocycles. The Labute approximate surface area is 143 Å². The van der Waals surface area contributed by atoms with Gasteiger partial charge in [0, 0.05) is 17.1 Å². The number of rotatable bonds is 6. The van der Waals surface area contributed by atoms with Crippen molar-refractivity contribution in [2.24, 2.45) is 0 Å². The molecular weight excluding hydrogens is 330 g/mol.